The van der Waals surface area contributed by atoms with Crippen LogP contribution in [0.5, 0.6) is 0 Å². The number of ether oxygens (including phenoxy) is 1. The Morgan fingerprint density at radius 3 is 1.55 bits per heavy atom. The summed E-state index contributed by atoms with van der Waals surface area (Å²) in [6.45, 7) is 7.93. The van der Waals surface area contributed by atoms with Crippen molar-refractivity contribution in [1.29, 1.82) is 0 Å². The van der Waals surface area contributed by atoms with Crippen molar-refractivity contribution in [3.8, 4) is 107 Å². The third-order valence-electron chi connectivity index (χ3n) is 3.18. The molecule has 0 aromatic rings. The van der Waals surface area contributed by atoms with Crippen molar-refractivity contribution in [2.75, 3.05) is 26.0 Å². The van der Waals surface area contributed by atoms with Gasteiger partial charge >= 0.3 is 0 Å². The van der Waals surface area contributed by atoms with Crippen LogP contribution in [-0.4, -0.2) is 46.8 Å². The molecule has 33 heavy (non-hydrogen) atoms. The zero-order valence-electron chi connectivity index (χ0n) is 19.2. The molecular formula is C27H23NO3SSi. The van der Waals surface area contributed by atoms with Gasteiger partial charge in [0.2, 0.25) is 10.0 Å². The van der Waals surface area contributed by atoms with Gasteiger partial charge in [0, 0.05) is 68.1 Å². The molecule has 0 atom stereocenters. The lowest BCUT2D eigenvalue weighted by molar-refractivity contribution is 0.130. The van der Waals surface area contributed by atoms with Crippen molar-refractivity contribution in [3.05, 3.63) is 0 Å². The summed E-state index contributed by atoms with van der Waals surface area (Å²) in [6.07, 6.45) is 6.99. The Kier molecular flexibility index (Phi) is 15.5. The first-order valence-corrected chi connectivity index (χ1v) is 15.2. The molecule has 0 saturated heterocycles. The first-order chi connectivity index (χ1) is 15.7. The van der Waals surface area contributed by atoms with Crippen LogP contribution < -0.4 is 0 Å². The zero-order chi connectivity index (χ0) is 24.8. The molecule has 0 aromatic heterocycles. The minimum atomic E-state index is -3.49. The molecule has 0 bridgehead atoms. The minimum Gasteiger partial charge on any atom is -0.380 e. The number of terminal acetylenes is 1. The fourth-order valence-electron chi connectivity index (χ4n) is 1.79. The lowest BCUT2D eigenvalue weighted by Gasteiger charge is -2.16. The first-order valence-electron chi connectivity index (χ1n) is 9.68. The number of nitrogens with zero attached hydrogens (tertiary/aromatic N) is 1. The summed E-state index contributed by atoms with van der Waals surface area (Å²) in [5.74, 6) is 38.9. The Morgan fingerprint density at radius 1 is 0.727 bits per heavy atom. The highest BCUT2D eigenvalue weighted by Crippen LogP contribution is 2.10. The summed E-state index contributed by atoms with van der Waals surface area (Å²) in [4.78, 5) is 0. The monoisotopic (exact) mass is 469 g/mol. The summed E-state index contributed by atoms with van der Waals surface area (Å²) in [7, 11) is -4.58. The molecular weight excluding hydrogens is 446 g/mol. The van der Waals surface area contributed by atoms with Crippen LogP contribution in [0.15, 0.2) is 0 Å². The van der Waals surface area contributed by atoms with Crippen molar-refractivity contribution >= 4 is 18.1 Å². The third kappa shape index (κ3) is 21.0. The predicted molar refractivity (Wildman–Crippen MR) is 136 cm³/mol. The van der Waals surface area contributed by atoms with Crippen molar-refractivity contribution in [3.63, 3.8) is 0 Å². The lowest BCUT2D eigenvalue weighted by Crippen LogP contribution is -2.29. The molecule has 0 amide bonds. The second-order valence-corrected chi connectivity index (χ2v) is 14.8. The van der Waals surface area contributed by atoms with E-state index in [-0.39, 0.29) is 13.2 Å². The zero-order valence-corrected chi connectivity index (χ0v) is 21.0. The molecule has 0 heterocycles. The van der Waals surface area contributed by atoms with Crippen molar-refractivity contribution in [1.82, 2.24) is 4.31 Å². The van der Waals surface area contributed by atoms with Gasteiger partial charge in [-0.3, -0.25) is 0 Å². The first kappa shape index (κ1) is 29.0. The van der Waals surface area contributed by atoms with Crippen LogP contribution in [0, 0.1) is 107 Å². The van der Waals surface area contributed by atoms with Crippen LogP contribution in [0.2, 0.25) is 25.7 Å². The quantitative estimate of drug-likeness (QED) is 0.235. The van der Waals surface area contributed by atoms with E-state index in [0.717, 1.165) is 17.0 Å². The number of sulfonamides is 1. The maximum atomic E-state index is 11.8. The van der Waals surface area contributed by atoms with E-state index in [1.54, 1.807) is 0 Å². The average Bonchev–Trinajstić information content (AvgIpc) is 2.72. The van der Waals surface area contributed by atoms with E-state index >= 15 is 0 Å². The largest absolute Gasteiger partial charge is 0.380 e. The topological polar surface area (TPSA) is 46.6 Å². The van der Waals surface area contributed by atoms with Crippen LogP contribution in [0.25, 0.3) is 0 Å². The molecule has 0 saturated carbocycles. The van der Waals surface area contributed by atoms with E-state index in [4.69, 9.17) is 11.2 Å². The molecule has 6 heteroatoms. The van der Waals surface area contributed by atoms with Gasteiger partial charge in [-0.15, -0.1) is 6.42 Å². The minimum absolute atomic E-state index is 0.142. The fourth-order valence-corrected chi connectivity index (χ4v) is 3.61. The molecule has 0 fully saturated rings. The molecule has 4 nitrogen and oxygen atoms in total. The van der Waals surface area contributed by atoms with E-state index in [2.05, 4.69) is 120 Å². The summed E-state index contributed by atoms with van der Waals surface area (Å²) in [5.41, 5.74) is 0. The molecule has 0 aliphatic carbocycles. The van der Waals surface area contributed by atoms with E-state index in [0.29, 0.717) is 6.61 Å². The standard InChI is InChI=1S/C27H23NO3SSi/c1-6-7-8-9-10-11-12-13-14-15-16-17-18-19-20-21-23-28(32(2,29)30)24-26-31-25-22-27-33(3,4)5/h1H,22,24-27H2,2-5H3. The summed E-state index contributed by atoms with van der Waals surface area (Å²) in [6, 6.07) is 3.67. The number of rotatable bonds is 8. The second-order valence-electron chi connectivity index (χ2n) is 7.24. The SMILES string of the molecule is C#CC#CC#CC#CC#CC#CC#CC#CC#CN(CCOCCC[Si](C)(C)C)S(C)(=O)=O. The molecule has 0 N–H and O–H groups in total. The van der Waals surface area contributed by atoms with Crippen LogP contribution in [0.4, 0.5) is 0 Å². The van der Waals surface area contributed by atoms with E-state index in [9.17, 15) is 8.42 Å². The van der Waals surface area contributed by atoms with Gasteiger partial charge in [0.1, 0.15) is 0 Å². The highest BCUT2D eigenvalue weighted by atomic mass is 32.2. The highest BCUT2D eigenvalue weighted by molar-refractivity contribution is 7.88. The van der Waals surface area contributed by atoms with Gasteiger partial charge in [-0.2, -0.15) is 0 Å². The fraction of sp³-hybridized carbons (Fsp3) is 0.333. The van der Waals surface area contributed by atoms with Gasteiger partial charge in [0.05, 0.1) is 19.4 Å². The van der Waals surface area contributed by atoms with Crippen LogP contribution >= 0.6 is 0 Å². The average molecular weight is 470 g/mol. The normalized spacial score (nSPS) is 8.21. The predicted octanol–water partition coefficient (Wildman–Crippen LogP) is 1.61. The summed E-state index contributed by atoms with van der Waals surface area (Å²) in [5, 5.41) is 0. The van der Waals surface area contributed by atoms with Gasteiger partial charge in [-0.1, -0.05) is 25.7 Å². The van der Waals surface area contributed by atoms with Gasteiger partial charge in [0.25, 0.3) is 0 Å². The van der Waals surface area contributed by atoms with Crippen LogP contribution in [0.3, 0.4) is 0 Å². The Hall–Kier alpha value is -4.03. The maximum Gasteiger partial charge on any atom is 0.239 e. The van der Waals surface area contributed by atoms with E-state index < -0.39 is 18.1 Å². The summed E-state index contributed by atoms with van der Waals surface area (Å²) < 4.78 is 30.2. The maximum absolute atomic E-state index is 11.8. The van der Waals surface area contributed by atoms with Crippen LogP contribution in [0.1, 0.15) is 6.42 Å². The van der Waals surface area contributed by atoms with Gasteiger partial charge < -0.3 is 4.74 Å². The number of hydrogen-bond donors (Lipinski definition) is 0. The molecule has 0 unspecified atom stereocenters. The third-order valence-corrected chi connectivity index (χ3v) is 6.11. The second kappa shape index (κ2) is 17.6. The smallest absolute Gasteiger partial charge is 0.239 e. The molecule has 0 rings (SSSR count). The Morgan fingerprint density at radius 2 is 1.15 bits per heavy atom. The van der Waals surface area contributed by atoms with Gasteiger partial charge in [-0.25, -0.2) is 12.7 Å². The van der Waals surface area contributed by atoms with Crippen molar-refractivity contribution in [2.45, 2.75) is 32.1 Å². The Balaban J connectivity index is 4.63. The van der Waals surface area contributed by atoms with Crippen molar-refractivity contribution < 1.29 is 13.2 Å². The lowest BCUT2D eigenvalue weighted by atomic mass is 10.5. The molecule has 0 aromatic carbocycles. The molecule has 0 aliphatic heterocycles. The van der Waals surface area contributed by atoms with Gasteiger partial charge in [0.15, 0.2) is 0 Å². The van der Waals surface area contributed by atoms with E-state index in [1.807, 2.05) is 0 Å². The molecule has 0 aliphatic rings. The number of hydrogen-bond acceptors (Lipinski definition) is 3. The molecule has 164 valence electrons. The van der Waals surface area contributed by atoms with Crippen LogP contribution in [-0.2, 0) is 14.8 Å². The van der Waals surface area contributed by atoms with Crippen molar-refractivity contribution in [2.24, 2.45) is 0 Å². The Labute approximate surface area is 200 Å². The highest BCUT2D eigenvalue weighted by Gasteiger charge is 2.13. The molecule has 0 spiro atoms. The Bertz CT molecular complexity index is 1330. The van der Waals surface area contributed by atoms with E-state index in [1.165, 1.54) is 6.04 Å². The summed E-state index contributed by atoms with van der Waals surface area (Å²) >= 11 is 0. The molecule has 0 radical (unpaired) electrons. The van der Waals surface area contributed by atoms with Gasteiger partial charge in [-0.05, 0) is 53.8 Å².